The van der Waals surface area contributed by atoms with E-state index in [0.717, 1.165) is 36.1 Å². The molecule has 1 fully saturated rings. The first-order chi connectivity index (χ1) is 10.2. The van der Waals surface area contributed by atoms with Crippen LogP contribution in [0.4, 0.5) is 0 Å². The van der Waals surface area contributed by atoms with Crippen molar-refractivity contribution in [2.75, 3.05) is 6.54 Å². The quantitative estimate of drug-likeness (QED) is 0.851. The second-order valence-corrected chi connectivity index (χ2v) is 6.44. The van der Waals surface area contributed by atoms with Gasteiger partial charge in [-0.15, -0.1) is 0 Å². The number of nitrogens with zero attached hydrogens (tertiary/aromatic N) is 2. The highest BCUT2D eigenvalue weighted by molar-refractivity contribution is 6.31. The Kier molecular flexibility index (Phi) is 4.61. The van der Waals surface area contributed by atoms with Crippen LogP contribution in [0.1, 0.15) is 24.1 Å². The summed E-state index contributed by atoms with van der Waals surface area (Å²) in [6, 6.07) is 11.0. The molecule has 2 aromatic rings. The van der Waals surface area contributed by atoms with E-state index >= 15 is 0 Å². The van der Waals surface area contributed by atoms with Crippen LogP contribution in [0.25, 0.3) is 0 Å². The summed E-state index contributed by atoms with van der Waals surface area (Å²) in [6.07, 6.45) is 6.64. The topological polar surface area (TPSA) is 29.9 Å². The van der Waals surface area contributed by atoms with Crippen molar-refractivity contribution < 1.29 is 0 Å². The predicted molar refractivity (Wildman–Crippen MR) is 86.6 cm³/mol. The van der Waals surface area contributed by atoms with Crippen LogP contribution in [-0.2, 0) is 19.9 Å². The summed E-state index contributed by atoms with van der Waals surface area (Å²) in [7, 11) is 1.97. The Morgan fingerprint density at radius 2 is 2.10 bits per heavy atom. The van der Waals surface area contributed by atoms with Crippen molar-refractivity contribution in [1.82, 2.24) is 15.1 Å². The van der Waals surface area contributed by atoms with E-state index in [4.69, 9.17) is 11.6 Å². The maximum absolute atomic E-state index is 6.31. The number of aromatic nitrogens is 2. The standard InChI is InChI=1S/C17H22ClN3/c1-21-9-8-16(20-21)11-13(12-19-15-6-7-15)10-14-4-2-3-5-17(14)18/h2-5,8-9,13,15,19H,6-7,10-12H2,1H3. The summed E-state index contributed by atoms with van der Waals surface area (Å²) in [4.78, 5) is 0. The van der Waals surface area contributed by atoms with Crippen molar-refractivity contribution in [3.63, 3.8) is 0 Å². The van der Waals surface area contributed by atoms with Gasteiger partial charge in [-0.05, 0) is 55.8 Å². The number of hydrogen-bond acceptors (Lipinski definition) is 2. The lowest BCUT2D eigenvalue weighted by Gasteiger charge is -2.17. The van der Waals surface area contributed by atoms with Gasteiger partial charge in [-0.3, -0.25) is 4.68 Å². The van der Waals surface area contributed by atoms with Crippen LogP contribution in [0.5, 0.6) is 0 Å². The van der Waals surface area contributed by atoms with E-state index in [2.05, 4.69) is 28.6 Å². The fraction of sp³-hybridized carbons (Fsp3) is 0.471. The Bertz CT molecular complexity index is 589. The molecular weight excluding hydrogens is 282 g/mol. The Morgan fingerprint density at radius 3 is 2.76 bits per heavy atom. The molecule has 112 valence electrons. The lowest BCUT2D eigenvalue weighted by molar-refractivity contribution is 0.463. The smallest absolute Gasteiger partial charge is 0.0627 e. The van der Waals surface area contributed by atoms with Gasteiger partial charge in [-0.1, -0.05) is 29.8 Å². The van der Waals surface area contributed by atoms with Gasteiger partial charge in [0.1, 0.15) is 0 Å². The van der Waals surface area contributed by atoms with Crippen molar-refractivity contribution in [1.29, 1.82) is 0 Å². The van der Waals surface area contributed by atoms with Gasteiger partial charge < -0.3 is 5.32 Å². The minimum atomic E-state index is 0.528. The monoisotopic (exact) mass is 303 g/mol. The first-order valence-electron chi connectivity index (χ1n) is 7.66. The summed E-state index contributed by atoms with van der Waals surface area (Å²) >= 11 is 6.31. The van der Waals surface area contributed by atoms with E-state index in [1.165, 1.54) is 18.4 Å². The van der Waals surface area contributed by atoms with Gasteiger partial charge in [0.2, 0.25) is 0 Å². The molecule has 1 unspecified atom stereocenters. The lowest BCUT2D eigenvalue weighted by Crippen LogP contribution is -2.27. The molecule has 1 aliphatic carbocycles. The predicted octanol–water partition coefficient (Wildman–Crippen LogP) is 3.23. The zero-order chi connectivity index (χ0) is 14.7. The van der Waals surface area contributed by atoms with E-state index in [1.54, 1.807) is 0 Å². The van der Waals surface area contributed by atoms with Crippen molar-refractivity contribution >= 4 is 11.6 Å². The van der Waals surface area contributed by atoms with E-state index in [9.17, 15) is 0 Å². The van der Waals surface area contributed by atoms with Crippen LogP contribution in [0.15, 0.2) is 36.5 Å². The van der Waals surface area contributed by atoms with Crippen molar-refractivity contribution in [2.24, 2.45) is 13.0 Å². The van der Waals surface area contributed by atoms with E-state index in [-0.39, 0.29) is 0 Å². The molecule has 1 heterocycles. The van der Waals surface area contributed by atoms with E-state index in [1.807, 2.05) is 30.1 Å². The summed E-state index contributed by atoms with van der Waals surface area (Å²) in [6.45, 7) is 1.03. The van der Waals surface area contributed by atoms with Gasteiger partial charge >= 0.3 is 0 Å². The Morgan fingerprint density at radius 1 is 1.29 bits per heavy atom. The molecule has 1 aromatic heterocycles. The Labute approximate surface area is 131 Å². The van der Waals surface area contributed by atoms with Crippen LogP contribution >= 0.6 is 11.6 Å². The third kappa shape index (κ3) is 4.32. The molecule has 1 saturated carbocycles. The molecule has 1 aromatic carbocycles. The third-order valence-corrected chi connectivity index (χ3v) is 4.37. The largest absolute Gasteiger partial charge is 0.314 e. The van der Waals surface area contributed by atoms with Crippen LogP contribution in [0.3, 0.4) is 0 Å². The molecule has 0 aliphatic heterocycles. The first kappa shape index (κ1) is 14.6. The van der Waals surface area contributed by atoms with Gasteiger partial charge in [-0.25, -0.2) is 0 Å². The molecule has 3 nitrogen and oxygen atoms in total. The summed E-state index contributed by atoms with van der Waals surface area (Å²) < 4.78 is 1.87. The van der Waals surface area contributed by atoms with Gasteiger partial charge in [0, 0.05) is 24.3 Å². The Hall–Kier alpha value is -1.32. The number of halogens is 1. The van der Waals surface area contributed by atoms with Gasteiger partial charge in [-0.2, -0.15) is 5.10 Å². The highest BCUT2D eigenvalue weighted by atomic mass is 35.5. The van der Waals surface area contributed by atoms with Crippen LogP contribution in [0, 0.1) is 5.92 Å². The average Bonchev–Trinajstić information content (AvgIpc) is 3.21. The normalized spacial score (nSPS) is 16.1. The summed E-state index contributed by atoms with van der Waals surface area (Å²) in [5.41, 5.74) is 2.39. The lowest BCUT2D eigenvalue weighted by atomic mass is 9.94. The molecular formula is C17H22ClN3. The maximum Gasteiger partial charge on any atom is 0.0627 e. The SMILES string of the molecule is Cn1ccc(CC(CNC2CC2)Cc2ccccc2Cl)n1. The zero-order valence-corrected chi connectivity index (χ0v) is 13.2. The molecule has 0 spiro atoms. The fourth-order valence-electron chi connectivity index (χ4n) is 2.68. The maximum atomic E-state index is 6.31. The van der Waals surface area contributed by atoms with Gasteiger partial charge in [0.05, 0.1) is 5.69 Å². The zero-order valence-electron chi connectivity index (χ0n) is 12.4. The molecule has 0 amide bonds. The second-order valence-electron chi connectivity index (χ2n) is 6.03. The van der Waals surface area contributed by atoms with Crippen LogP contribution < -0.4 is 5.32 Å². The second kappa shape index (κ2) is 6.63. The minimum Gasteiger partial charge on any atom is -0.314 e. The number of aryl methyl sites for hydroxylation is 1. The molecule has 4 heteroatoms. The highest BCUT2D eigenvalue weighted by Gasteiger charge is 2.22. The summed E-state index contributed by atoms with van der Waals surface area (Å²) in [5.74, 6) is 0.528. The highest BCUT2D eigenvalue weighted by Crippen LogP contribution is 2.23. The average molecular weight is 304 g/mol. The van der Waals surface area contributed by atoms with Crippen LogP contribution in [0.2, 0.25) is 5.02 Å². The summed E-state index contributed by atoms with van der Waals surface area (Å²) in [5, 5.41) is 9.03. The van der Waals surface area contributed by atoms with Crippen molar-refractivity contribution in [3.8, 4) is 0 Å². The molecule has 3 rings (SSSR count). The molecule has 1 N–H and O–H groups in total. The number of rotatable bonds is 7. The van der Waals surface area contributed by atoms with E-state index in [0.29, 0.717) is 5.92 Å². The Balaban J connectivity index is 1.67. The third-order valence-electron chi connectivity index (χ3n) is 4.01. The molecule has 21 heavy (non-hydrogen) atoms. The molecule has 1 atom stereocenters. The van der Waals surface area contributed by atoms with E-state index < -0.39 is 0 Å². The molecule has 0 radical (unpaired) electrons. The van der Waals surface area contributed by atoms with Gasteiger partial charge in [0.15, 0.2) is 0 Å². The number of nitrogens with one attached hydrogen (secondary N) is 1. The molecule has 0 saturated heterocycles. The number of hydrogen-bond donors (Lipinski definition) is 1. The van der Waals surface area contributed by atoms with Crippen molar-refractivity contribution in [2.45, 2.75) is 31.7 Å². The van der Waals surface area contributed by atoms with Gasteiger partial charge in [0.25, 0.3) is 0 Å². The molecule has 1 aliphatic rings. The first-order valence-corrected chi connectivity index (χ1v) is 8.04. The van der Waals surface area contributed by atoms with Crippen molar-refractivity contribution in [3.05, 3.63) is 52.8 Å². The van der Waals surface area contributed by atoms with Crippen LogP contribution in [-0.4, -0.2) is 22.4 Å². The number of benzene rings is 1. The minimum absolute atomic E-state index is 0.528. The molecule has 0 bridgehead atoms. The fourth-order valence-corrected chi connectivity index (χ4v) is 2.89.